The number of hydrogen-bond donors (Lipinski definition) is 3. The highest BCUT2D eigenvalue weighted by atomic mass is 16.6. The molecule has 3 amide bonds. The SMILES string of the molecule is CC(C)(C)OC(=O)Nc1conc1C(=O)NC1CC1C(=O)NC1CC1. The second-order valence-electron chi connectivity index (χ2n) is 7.41. The van der Waals surface area contributed by atoms with Gasteiger partial charge in [-0.2, -0.15) is 0 Å². The van der Waals surface area contributed by atoms with E-state index in [4.69, 9.17) is 9.26 Å². The maximum Gasteiger partial charge on any atom is 0.412 e. The molecule has 0 spiro atoms. The quantitative estimate of drug-likeness (QED) is 0.738. The van der Waals surface area contributed by atoms with Crippen molar-refractivity contribution in [3.8, 4) is 0 Å². The monoisotopic (exact) mass is 350 g/mol. The van der Waals surface area contributed by atoms with Crippen molar-refractivity contribution in [3.05, 3.63) is 12.0 Å². The highest BCUT2D eigenvalue weighted by Crippen LogP contribution is 2.32. The Bertz CT molecular complexity index is 689. The molecule has 9 nitrogen and oxygen atoms in total. The molecule has 0 aromatic carbocycles. The average molecular weight is 350 g/mol. The van der Waals surface area contributed by atoms with Gasteiger partial charge in [0.1, 0.15) is 17.6 Å². The number of hydrogen-bond acceptors (Lipinski definition) is 6. The fourth-order valence-electron chi connectivity index (χ4n) is 2.32. The summed E-state index contributed by atoms with van der Waals surface area (Å²) in [5.41, 5.74) is -0.606. The molecule has 2 unspecified atom stereocenters. The molecule has 3 rings (SSSR count). The maximum absolute atomic E-state index is 12.3. The van der Waals surface area contributed by atoms with Crippen molar-refractivity contribution >= 4 is 23.6 Å². The van der Waals surface area contributed by atoms with Gasteiger partial charge >= 0.3 is 6.09 Å². The van der Waals surface area contributed by atoms with Crippen molar-refractivity contribution in [2.24, 2.45) is 5.92 Å². The van der Waals surface area contributed by atoms with E-state index in [9.17, 15) is 14.4 Å². The summed E-state index contributed by atoms with van der Waals surface area (Å²) in [5.74, 6) is -0.745. The van der Waals surface area contributed by atoms with Gasteiger partial charge in [0, 0.05) is 12.1 Å². The van der Waals surface area contributed by atoms with Crippen LogP contribution in [0.25, 0.3) is 0 Å². The number of nitrogens with zero attached hydrogens (tertiary/aromatic N) is 1. The molecule has 25 heavy (non-hydrogen) atoms. The first-order chi connectivity index (χ1) is 11.7. The van der Waals surface area contributed by atoms with Crippen LogP contribution in [0, 0.1) is 5.92 Å². The summed E-state index contributed by atoms with van der Waals surface area (Å²) in [7, 11) is 0. The lowest BCUT2D eigenvalue weighted by atomic mass is 10.2. The van der Waals surface area contributed by atoms with Crippen LogP contribution in [0.15, 0.2) is 10.8 Å². The Morgan fingerprint density at radius 2 is 1.96 bits per heavy atom. The summed E-state index contributed by atoms with van der Waals surface area (Å²) >= 11 is 0. The number of anilines is 1. The van der Waals surface area contributed by atoms with E-state index >= 15 is 0 Å². The second kappa shape index (κ2) is 6.38. The van der Waals surface area contributed by atoms with Gasteiger partial charge in [0.2, 0.25) is 5.91 Å². The third-order valence-corrected chi connectivity index (χ3v) is 3.79. The molecular formula is C16H22N4O5. The van der Waals surface area contributed by atoms with Crippen LogP contribution >= 0.6 is 0 Å². The van der Waals surface area contributed by atoms with Crippen LogP contribution in [-0.2, 0) is 9.53 Å². The zero-order valence-corrected chi connectivity index (χ0v) is 14.4. The Hall–Kier alpha value is -2.58. The Kier molecular flexibility index (Phi) is 4.40. The summed E-state index contributed by atoms with van der Waals surface area (Å²) in [5, 5.41) is 11.7. The number of carbonyl (C=O) groups is 3. The van der Waals surface area contributed by atoms with Gasteiger partial charge in [-0.3, -0.25) is 14.9 Å². The molecule has 3 N–H and O–H groups in total. The predicted molar refractivity (Wildman–Crippen MR) is 86.9 cm³/mol. The van der Waals surface area contributed by atoms with Crippen LogP contribution < -0.4 is 16.0 Å². The highest BCUT2D eigenvalue weighted by Gasteiger charge is 2.45. The van der Waals surface area contributed by atoms with Crippen molar-refractivity contribution in [3.63, 3.8) is 0 Å². The van der Waals surface area contributed by atoms with Gasteiger partial charge < -0.3 is 19.9 Å². The van der Waals surface area contributed by atoms with Crippen molar-refractivity contribution in [1.29, 1.82) is 0 Å². The van der Waals surface area contributed by atoms with E-state index < -0.39 is 17.6 Å². The smallest absolute Gasteiger partial charge is 0.412 e. The van der Waals surface area contributed by atoms with E-state index in [-0.39, 0.29) is 29.2 Å². The Morgan fingerprint density at radius 3 is 2.60 bits per heavy atom. The van der Waals surface area contributed by atoms with Crippen LogP contribution in [0.5, 0.6) is 0 Å². The molecule has 2 saturated carbocycles. The molecule has 9 heteroatoms. The molecule has 1 aromatic heterocycles. The lowest BCUT2D eigenvalue weighted by Crippen LogP contribution is -2.33. The lowest BCUT2D eigenvalue weighted by Gasteiger charge is -2.19. The zero-order valence-electron chi connectivity index (χ0n) is 14.4. The Labute approximate surface area is 144 Å². The minimum atomic E-state index is -0.710. The number of ether oxygens (including phenoxy) is 1. The summed E-state index contributed by atoms with van der Waals surface area (Å²) in [6.07, 6.45) is 3.08. The average Bonchev–Trinajstić information content (AvgIpc) is 3.38. The molecule has 2 fully saturated rings. The minimum Gasteiger partial charge on any atom is -0.444 e. The van der Waals surface area contributed by atoms with Gasteiger partial charge in [0.05, 0.1) is 5.92 Å². The first kappa shape index (κ1) is 17.2. The van der Waals surface area contributed by atoms with Gasteiger partial charge in [-0.1, -0.05) is 5.16 Å². The number of aromatic nitrogens is 1. The van der Waals surface area contributed by atoms with Crippen LogP contribution in [0.3, 0.4) is 0 Å². The van der Waals surface area contributed by atoms with Gasteiger partial charge in [-0.05, 0) is 40.0 Å². The topological polar surface area (TPSA) is 123 Å². The van der Waals surface area contributed by atoms with E-state index in [1.54, 1.807) is 20.8 Å². The van der Waals surface area contributed by atoms with Gasteiger partial charge in [-0.25, -0.2) is 4.79 Å². The zero-order chi connectivity index (χ0) is 18.2. The molecule has 1 aromatic rings. The number of nitrogens with one attached hydrogen (secondary N) is 3. The van der Waals surface area contributed by atoms with E-state index in [2.05, 4.69) is 21.1 Å². The van der Waals surface area contributed by atoms with Crippen molar-refractivity contribution < 1.29 is 23.6 Å². The van der Waals surface area contributed by atoms with E-state index in [1.165, 1.54) is 0 Å². The molecular weight excluding hydrogens is 328 g/mol. The maximum atomic E-state index is 12.3. The third kappa shape index (κ3) is 4.71. The largest absolute Gasteiger partial charge is 0.444 e. The molecule has 2 aliphatic rings. The van der Waals surface area contributed by atoms with Crippen LogP contribution in [-0.4, -0.2) is 40.7 Å². The lowest BCUT2D eigenvalue weighted by molar-refractivity contribution is -0.122. The molecule has 136 valence electrons. The highest BCUT2D eigenvalue weighted by molar-refractivity contribution is 6.01. The Balaban J connectivity index is 1.52. The van der Waals surface area contributed by atoms with Gasteiger partial charge in [0.15, 0.2) is 5.69 Å². The molecule has 0 radical (unpaired) electrons. The summed E-state index contributed by atoms with van der Waals surface area (Å²) in [6, 6.07) is 0.0712. The van der Waals surface area contributed by atoms with Crippen molar-refractivity contribution in [1.82, 2.24) is 15.8 Å². The molecule has 0 aliphatic heterocycles. The van der Waals surface area contributed by atoms with E-state index in [0.717, 1.165) is 19.1 Å². The molecule has 1 heterocycles. The van der Waals surface area contributed by atoms with Crippen molar-refractivity contribution in [2.75, 3.05) is 5.32 Å². The van der Waals surface area contributed by atoms with Gasteiger partial charge in [0.25, 0.3) is 5.91 Å². The third-order valence-electron chi connectivity index (χ3n) is 3.79. The summed E-state index contributed by atoms with van der Waals surface area (Å²) < 4.78 is 9.90. The minimum absolute atomic E-state index is 0.0277. The summed E-state index contributed by atoms with van der Waals surface area (Å²) in [4.78, 5) is 36.0. The first-order valence-electron chi connectivity index (χ1n) is 8.28. The predicted octanol–water partition coefficient (Wildman–Crippen LogP) is 1.42. The molecule has 0 saturated heterocycles. The molecule has 2 aliphatic carbocycles. The Morgan fingerprint density at radius 1 is 1.24 bits per heavy atom. The normalized spacial score (nSPS) is 22.0. The second-order valence-corrected chi connectivity index (χ2v) is 7.41. The van der Waals surface area contributed by atoms with Crippen LogP contribution in [0.4, 0.5) is 10.5 Å². The molecule has 2 atom stereocenters. The van der Waals surface area contributed by atoms with E-state index in [0.29, 0.717) is 12.5 Å². The fraction of sp³-hybridized carbons (Fsp3) is 0.625. The number of carbonyl (C=O) groups excluding carboxylic acids is 3. The van der Waals surface area contributed by atoms with E-state index in [1.807, 2.05) is 0 Å². The van der Waals surface area contributed by atoms with Crippen molar-refractivity contribution in [2.45, 2.75) is 57.7 Å². The standard InChI is InChI=1S/C16H22N4O5/c1-16(2,3)25-15(23)19-11-7-24-20-12(11)14(22)18-10-6-9(10)13(21)17-8-4-5-8/h7-10H,4-6H2,1-3H3,(H,17,21)(H,18,22)(H,19,23). The van der Waals surface area contributed by atoms with Crippen LogP contribution in [0.2, 0.25) is 0 Å². The number of rotatable bonds is 5. The fourth-order valence-corrected chi connectivity index (χ4v) is 2.32. The first-order valence-corrected chi connectivity index (χ1v) is 8.28. The molecule has 0 bridgehead atoms. The number of amides is 3. The van der Waals surface area contributed by atoms with Gasteiger partial charge in [-0.15, -0.1) is 0 Å². The summed E-state index contributed by atoms with van der Waals surface area (Å²) in [6.45, 7) is 5.19. The van der Waals surface area contributed by atoms with Crippen LogP contribution in [0.1, 0.15) is 50.5 Å².